The number of carbonyl (C=O) groups excluding carboxylic acids is 2. The van der Waals surface area contributed by atoms with E-state index in [4.69, 9.17) is 4.74 Å². The van der Waals surface area contributed by atoms with Crippen LogP contribution >= 0.6 is 11.3 Å². The first kappa shape index (κ1) is 37.7. The Morgan fingerprint density at radius 3 is 2.22 bits per heavy atom. The first-order chi connectivity index (χ1) is 24.4. The lowest BCUT2D eigenvalue weighted by atomic mass is 9.95. The highest BCUT2D eigenvalue weighted by Crippen LogP contribution is 2.30. The molecule has 270 valence electrons. The summed E-state index contributed by atoms with van der Waals surface area (Å²) in [6, 6.07) is 17.4. The van der Waals surface area contributed by atoms with Gasteiger partial charge in [-0.15, -0.1) is 11.3 Å². The third-order valence-corrected chi connectivity index (χ3v) is 10.8. The molecular formula is C41H50N4O5S. The Hall–Kier alpha value is -4.57. The van der Waals surface area contributed by atoms with E-state index >= 15 is 0 Å². The van der Waals surface area contributed by atoms with Crippen LogP contribution in [0, 0.1) is 5.92 Å². The average molecular weight is 711 g/mol. The molecule has 0 saturated carbocycles. The van der Waals surface area contributed by atoms with Crippen LogP contribution in [0.4, 0.5) is 0 Å². The zero-order valence-corrected chi connectivity index (χ0v) is 31.2. The van der Waals surface area contributed by atoms with E-state index in [0.717, 1.165) is 45.9 Å². The Bertz CT molecular complexity index is 1760. The van der Waals surface area contributed by atoms with Crippen LogP contribution in [0.15, 0.2) is 73.1 Å². The van der Waals surface area contributed by atoms with Crippen molar-refractivity contribution in [1.29, 1.82) is 0 Å². The SMILES string of the molecule is CCCCCCCOc1ccc(-c2cnc(-c3ccc(C[C@H](NC(=O)c4ccc(C(C)(C)C)s4)C(=O)N4C[C@H](C)C[C@H]4C(=O)O)cc3)nc2)cc1. The van der Waals surface area contributed by atoms with Crippen LogP contribution in [0.25, 0.3) is 22.5 Å². The molecule has 1 fully saturated rings. The van der Waals surface area contributed by atoms with E-state index in [1.54, 1.807) is 18.5 Å². The Balaban J connectivity index is 1.26. The summed E-state index contributed by atoms with van der Waals surface area (Å²) in [6.45, 7) is 11.5. The minimum atomic E-state index is -1.03. The molecule has 2 aromatic heterocycles. The second-order valence-corrected chi connectivity index (χ2v) is 15.7. The van der Waals surface area contributed by atoms with Gasteiger partial charge in [0.15, 0.2) is 5.82 Å². The normalized spacial score (nSPS) is 16.5. The number of aromatic nitrogens is 2. The van der Waals surface area contributed by atoms with Gasteiger partial charge in [-0.05, 0) is 59.6 Å². The molecule has 2 aromatic carbocycles. The molecule has 1 aliphatic rings. The number of carbonyl (C=O) groups is 3. The fourth-order valence-electron chi connectivity index (χ4n) is 6.31. The van der Waals surface area contributed by atoms with Gasteiger partial charge in [0, 0.05) is 41.4 Å². The molecule has 10 heteroatoms. The molecule has 1 saturated heterocycles. The quantitative estimate of drug-likeness (QED) is 0.119. The van der Waals surface area contributed by atoms with Gasteiger partial charge in [-0.25, -0.2) is 14.8 Å². The largest absolute Gasteiger partial charge is 0.494 e. The number of nitrogens with one attached hydrogen (secondary N) is 1. The van der Waals surface area contributed by atoms with Crippen molar-refractivity contribution in [3.63, 3.8) is 0 Å². The second kappa shape index (κ2) is 17.1. The summed E-state index contributed by atoms with van der Waals surface area (Å²) in [4.78, 5) is 51.6. The molecule has 9 nitrogen and oxygen atoms in total. The van der Waals surface area contributed by atoms with Crippen molar-refractivity contribution in [2.24, 2.45) is 5.92 Å². The summed E-state index contributed by atoms with van der Waals surface area (Å²) in [5, 5.41) is 12.8. The molecule has 51 heavy (non-hydrogen) atoms. The van der Waals surface area contributed by atoms with Crippen molar-refractivity contribution >= 4 is 29.1 Å². The van der Waals surface area contributed by atoms with Crippen molar-refractivity contribution in [3.8, 4) is 28.3 Å². The Kier molecular flexibility index (Phi) is 12.6. The second-order valence-electron chi connectivity index (χ2n) is 14.6. The van der Waals surface area contributed by atoms with Crippen molar-refractivity contribution < 1.29 is 24.2 Å². The molecule has 0 radical (unpaired) electrons. The number of aliphatic carboxylic acids is 1. The first-order valence-corrected chi connectivity index (χ1v) is 18.8. The number of thiophene rings is 1. The maximum absolute atomic E-state index is 13.9. The van der Waals surface area contributed by atoms with E-state index in [9.17, 15) is 19.5 Å². The number of likely N-dealkylation sites (tertiary alicyclic amines) is 1. The number of benzene rings is 2. The highest BCUT2D eigenvalue weighted by Gasteiger charge is 2.40. The molecule has 3 atom stereocenters. The molecule has 4 aromatic rings. The highest BCUT2D eigenvalue weighted by atomic mass is 32.1. The zero-order chi connectivity index (χ0) is 36.5. The van der Waals surface area contributed by atoms with E-state index in [0.29, 0.717) is 23.7 Å². The molecule has 3 heterocycles. The summed E-state index contributed by atoms with van der Waals surface area (Å²) in [6.07, 6.45) is 10.2. The summed E-state index contributed by atoms with van der Waals surface area (Å²) in [5.74, 6) is -0.302. The van der Waals surface area contributed by atoms with Crippen molar-refractivity contribution in [1.82, 2.24) is 20.2 Å². The molecular weight excluding hydrogens is 661 g/mol. The van der Waals surface area contributed by atoms with Crippen LogP contribution in [0.5, 0.6) is 5.75 Å². The smallest absolute Gasteiger partial charge is 0.326 e. The fraction of sp³-hybridized carbons (Fsp3) is 0.439. The molecule has 2 N–H and O–H groups in total. The van der Waals surface area contributed by atoms with E-state index in [1.807, 2.05) is 61.5 Å². The number of hydrogen-bond acceptors (Lipinski definition) is 7. The van der Waals surface area contributed by atoms with Gasteiger partial charge in [0.05, 0.1) is 11.5 Å². The molecule has 1 aliphatic heterocycles. The third kappa shape index (κ3) is 10.0. The summed E-state index contributed by atoms with van der Waals surface area (Å²) in [5.41, 5.74) is 3.41. The minimum Gasteiger partial charge on any atom is -0.494 e. The van der Waals surface area contributed by atoms with Gasteiger partial charge in [-0.1, -0.05) is 96.7 Å². The molecule has 0 aliphatic carbocycles. The highest BCUT2D eigenvalue weighted by molar-refractivity contribution is 7.14. The lowest BCUT2D eigenvalue weighted by Gasteiger charge is -2.27. The van der Waals surface area contributed by atoms with Gasteiger partial charge in [-0.2, -0.15) is 0 Å². The average Bonchev–Trinajstić information content (AvgIpc) is 3.78. The van der Waals surface area contributed by atoms with Gasteiger partial charge in [0.2, 0.25) is 5.91 Å². The molecule has 5 rings (SSSR count). The van der Waals surface area contributed by atoms with Gasteiger partial charge in [0.1, 0.15) is 17.8 Å². The van der Waals surface area contributed by atoms with Gasteiger partial charge in [-0.3, -0.25) is 9.59 Å². The van der Waals surface area contributed by atoms with E-state index in [-0.39, 0.29) is 23.7 Å². The predicted octanol–water partition coefficient (Wildman–Crippen LogP) is 8.18. The van der Waals surface area contributed by atoms with E-state index < -0.39 is 24.0 Å². The number of carboxylic acids is 1. The van der Waals surface area contributed by atoms with Crippen LogP contribution in [-0.2, 0) is 21.4 Å². The predicted molar refractivity (Wildman–Crippen MR) is 202 cm³/mol. The number of nitrogens with zero attached hydrogens (tertiary/aromatic N) is 3. The number of amides is 2. The molecule has 0 unspecified atom stereocenters. The fourth-order valence-corrected chi connectivity index (χ4v) is 7.27. The maximum Gasteiger partial charge on any atom is 0.326 e. The standard InChI is InChI=1S/C41H50N4O5S/c1-6-7-8-9-10-21-50-32-17-15-29(16-18-32)31-24-42-37(43-25-31)30-13-11-28(12-14-30)23-33(39(47)45-26-27(2)22-34(45)40(48)49)44-38(46)35-19-20-36(51-35)41(3,4)5/h11-20,24-25,27,33-34H,6-10,21-23,26H2,1-5H3,(H,44,46)(H,48,49)/t27-,33+,34+/m1/s1. The van der Waals surface area contributed by atoms with E-state index in [1.165, 1.54) is 41.9 Å². The Labute approximate surface area is 305 Å². The van der Waals surface area contributed by atoms with Gasteiger partial charge >= 0.3 is 5.97 Å². The van der Waals surface area contributed by atoms with E-state index in [2.05, 4.69) is 43.0 Å². The summed E-state index contributed by atoms with van der Waals surface area (Å²) < 4.78 is 5.90. The van der Waals surface area contributed by atoms with Crippen LogP contribution in [-0.4, -0.2) is 63.0 Å². The molecule has 2 amide bonds. The first-order valence-electron chi connectivity index (χ1n) is 18.0. The number of hydrogen-bond donors (Lipinski definition) is 2. The lowest BCUT2D eigenvalue weighted by Crippen LogP contribution is -2.52. The van der Waals surface area contributed by atoms with Crippen LogP contribution in [0.1, 0.15) is 93.3 Å². The van der Waals surface area contributed by atoms with Gasteiger partial charge < -0.3 is 20.1 Å². The number of carboxylic acid groups (broad SMARTS) is 1. The number of rotatable bonds is 15. The van der Waals surface area contributed by atoms with Crippen LogP contribution < -0.4 is 10.1 Å². The van der Waals surface area contributed by atoms with Gasteiger partial charge in [0.25, 0.3) is 5.91 Å². The Morgan fingerprint density at radius 1 is 0.922 bits per heavy atom. The van der Waals surface area contributed by atoms with Crippen LogP contribution in [0.3, 0.4) is 0 Å². The Morgan fingerprint density at radius 2 is 1.59 bits per heavy atom. The van der Waals surface area contributed by atoms with Crippen LogP contribution in [0.2, 0.25) is 0 Å². The zero-order valence-electron chi connectivity index (χ0n) is 30.4. The number of ether oxygens (including phenoxy) is 1. The van der Waals surface area contributed by atoms with Crippen molar-refractivity contribution in [2.45, 2.75) is 97.1 Å². The third-order valence-electron chi connectivity index (χ3n) is 9.26. The topological polar surface area (TPSA) is 122 Å². The lowest BCUT2D eigenvalue weighted by molar-refractivity contribution is -0.148. The molecule has 0 bridgehead atoms. The van der Waals surface area contributed by atoms with Crippen molar-refractivity contribution in [3.05, 3.63) is 88.4 Å². The number of unbranched alkanes of at least 4 members (excludes halogenated alkanes) is 4. The summed E-state index contributed by atoms with van der Waals surface area (Å²) in [7, 11) is 0. The van der Waals surface area contributed by atoms with Crippen molar-refractivity contribution in [2.75, 3.05) is 13.2 Å². The summed E-state index contributed by atoms with van der Waals surface area (Å²) >= 11 is 1.40. The minimum absolute atomic E-state index is 0.0481. The monoisotopic (exact) mass is 710 g/mol. The molecule has 0 spiro atoms. The maximum atomic E-state index is 13.9.